The second-order valence-electron chi connectivity index (χ2n) is 8.47. The summed E-state index contributed by atoms with van der Waals surface area (Å²) in [5.74, 6) is -0.378. The predicted molar refractivity (Wildman–Crippen MR) is 124 cm³/mol. The number of hydrogen-bond acceptors (Lipinski definition) is 5. The van der Waals surface area contributed by atoms with Crippen LogP contribution in [0, 0.1) is 0 Å². The van der Waals surface area contributed by atoms with Crippen LogP contribution in [-0.4, -0.2) is 66.0 Å². The van der Waals surface area contributed by atoms with Crippen molar-refractivity contribution in [3.63, 3.8) is 0 Å². The van der Waals surface area contributed by atoms with Crippen molar-refractivity contribution in [1.82, 2.24) is 14.8 Å². The molecule has 3 aromatic carbocycles. The molecule has 0 atom stereocenters. The molecule has 0 saturated carbocycles. The van der Waals surface area contributed by atoms with Crippen molar-refractivity contribution in [2.45, 2.75) is 6.42 Å². The fourth-order valence-corrected chi connectivity index (χ4v) is 4.92. The summed E-state index contributed by atoms with van der Waals surface area (Å²) in [6, 6.07) is 17.8. The number of rotatable bonds is 4. The summed E-state index contributed by atoms with van der Waals surface area (Å²) in [7, 11) is 0. The number of carbonyl (C=O) groups is 2. The molecule has 160 valence electrons. The zero-order valence-corrected chi connectivity index (χ0v) is 17.7. The Bertz CT molecular complexity index is 1390. The van der Waals surface area contributed by atoms with Crippen molar-refractivity contribution in [1.29, 1.82) is 0 Å². The smallest absolute Gasteiger partial charge is 0.262 e. The zero-order chi connectivity index (χ0) is 21.7. The van der Waals surface area contributed by atoms with E-state index in [1.54, 1.807) is 6.07 Å². The number of hydrogen-bond donors (Lipinski definition) is 0. The van der Waals surface area contributed by atoms with Gasteiger partial charge >= 0.3 is 0 Å². The second-order valence-corrected chi connectivity index (χ2v) is 8.47. The van der Waals surface area contributed by atoms with E-state index in [1.165, 1.54) is 4.90 Å². The number of carbonyl (C=O) groups excluding carboxylic acids is 2. The maximum atomic E-state index is 13.3. The lowest BCUT2D eigenvalue weighted by Crippen LogP contribution is -2.39. The Morgan fingerprint density at radius 3 is 2.50 bits per heavy atom. The molecule has 0 aliphatic carbocycles. The summed E-state index contributed by atoms with van der Waals surface area (Å²) in [5, 5.41) is 3.83. The van der Waals surface area contributed by atoms with Crippen LogP contribution < -0.4 is 0 Å². The Hall–Kier alpha value is -3.35. The van der Waals surface area contributed by atoms with Crippen LogP contribution in [-0.2, 0) is 4.74 Å². The Kier molecular flexibility index (Phi) is 4.63. The minimum Gasteiger partial charge on any atom is -0.379 e. The fraction of sp³-hybridized carbons (Fsp3) is 0.269. The molecule has 0 radical (unpaired) electrons. The van der Waals surface area contributed by atoms with Crippen LogP contribution in [0.3, 0.4) is 0 Å². The molecule has 1 fully saturated rings. The molecule has 6 rings (SSSR count). The molecule has 32 heavy (non-hydrogen) atoms. The number of ether oxygens (including phenoxy) is 1. The van der Waals surface area contributed by atoms with Crippen molar-refractivity contribution >= 4 is 44.4 Å². The number of nitrogens with zero attached hydrogens (tertiary/aromatic N) is 3. The van der Waals surface area contributed by atoms with Crippen LogP contribution >= 0.6 is 0 Å². The van der Waals surface area contributed by atoms with Crippen LogP contribution in [0.1, 0.15) is 27.1 Å². The molecule has 3 heterocycles. The molecule has 2 amide bonds. The number of benzene rings is 3. The largest absolute Gasteiger partial charge is 0.379 e. The van der Waals surface area contributed by atoms with E-state index in [0.717, 1.165) is 71.8 Å². The highest BCUT2D eigenvalue weighted by Gasteiger charge is 2.36. The van der Waals surface area contributed by atoms with Gasteiger partial charge in [0, 0.05) is 37.0 Å². The van der Waals surface area contributed by atoms with Gasteiger partial charge in [0.25, 0.3) is 11.8 Å². The van der Waals surface area contributed by atoms with Crippen LogP contribution in [0.5, 0.6) is 0 Å². The topological polar surface area (TPSA) is 62.7 Å². The van der Waals surface area contributed by atoms with Gasteiger partial charge in [0.1, 0.15) is 0 Å². The van der Waals surface area contributed by atoms with Crippen molar-refractivity contribution < 1.29 is 14.3 Å². The van der Waals surface area contributed by atoms with Gasteiger partial charge in [-0.25, -0.2) is 4.98 Å². The lowest BCUT2D eigenvalue weighted by molar-refractivity contribution is 0.0355. The van der Waals surface area contributed by atoms with Gasteiger partial charge in [-0.2, -0.15) is 0 Å². The van der Waals surface area contributed by atoms with E-state index >= 15 is 0 Å². The van der Waals surface area contributed by atoms with Crippen molar-refractivity contribution in [3.05, 3.63) is 65.7 Å². The quantitative estimate of drug-likeness (QED) is 0.282. The average Bonchev–Trinajstić information content (AvgIpc) is 3.08. The van der Waals surface area contributed by atoms with E-state index in [9.17, 15) is 9.59 Å². The summed E-state index contributed by atoms with van der Waals surface area (Å²) in [5.41, 5.74) is 2.85. The third-order valence-corrected chi connectivity index (χ3v) is 6.59. The predicted octanol–water partition coefficient (Wildman–Crippen LogP) is 3.86. The SMILES string of the molecule is O=C1c2ccc3c(ccc4nc5ccccc5cc43)c2C(=O)N1CCCN1CCOCC1. The van der Waals surface area contributed by atoms with Gasteiger partial charge in [-0.05, 0) is 41.5 Å². The van der Waals surface area contributed by atoms with Crippen LogP contribution in [0.15, 0.2) is 54.6 Å². The number of pyridine rings is 1. The monoisotopic (exact) mass is 425 g/mol. The molecule has 6 heteroatoms. The third-order valence-electron chi connectivity index (χ3n) is 6.59. The van der Waals surface area contributed by atoms with Crippen LogP contribution in [0.4, 0.5) is 0 Å². The Labute approximate surface area is 185 Å². The van der Waals surface area contributed by atoms with E-state index < -0.39 is 0 Å². The molecule has 0 unspecified atom stereocenters. The normalized spacial score (nSPS) is 17.1. The van der Waals surface area contributed by atoms with Crippen molar-refractivity contribution in [2.24, 2.45) is 0 Å². The molecule has 0 spiro atoms. The molecule has 0 N–H and O–H groups in total. The van der Waals surface area contributed by atoms with E-state index in [1.807, 2.05) is 42.5 Å². The summed E-state index contributed by atoms with van der Waals surface area (Å²) in [6.07, 6.45) is 0.766. The van der Waals surface area contributed by atoms with Gasteiger partial charge in [-0.3, -0.25) is 19.4 Å². The highest BCUT2D eigenvalue weighted by atomic mass is 16.5. The maximum absolute atomic E-state index is 13.3. The lowest BCUT2D eigenvalue weighted by Gasteiger charge is -2.27. The van der Waals surface area contributed by atoms with Crippen LogP contribution in [0.25, 0.3) is 32.6 Å². The zero-order valence-electron chi connectivity index (χ0n) is 17.7. The molecule has 2 aliphatic rings. The molecule has 6 nitrogen and oxygen atoms in total. The number of morpholine rings is 1. The highest BCUT2D eigenvalue weighted by molar-refractivity contribution is 6.28. The molecular formula is C26H23N3O3. The number of para-hydroxylation sites is 1. The molecular weight excluding hydrogens is 402 g/mol. The van der Waals surface area contributed by atoms with E-state index in [4.69, 9.17) is 9.72 Å². The molecule has 0 bridgehead atoms. The van der Waals surface area contributed by atoms with E-state index in [2.05, 4.69) is 11.0 Å². The summed E-state index contributed by atoms with van der Waals surface area (Å²) in [6.45, 7) is 4.60. The first kappa shape index (κ1) is 19.3. The number of imide groups is 1. The molecule has 1 saturated heterocycles. The minimum atomic E-state index is -0.189. The van der Waals surface area contributed by atoms with Gasteiger partial charge in [0.2, 0.25) is 0 Å². The first-order valence-corrected chi connectivity index (χ1v) is 11.1. The van der Waals surface area contributed by atoms with Gasteiger partial charge in [0.15, 0.2) is 0 Å². The lowest BCUT2D eigenvalue weighted by atomic mass is 9.97. The Balaban J connectivity index is 1.35. The van der Waals surface area contributed by atoms with Crippen LogP contribution in [0.2, 0.25) is 0 Å². The Morgan fingerprint density at radius 1 is 0.812 bits per heavy atom. The third kappa shape index (κ3) is 3.06. The van der Waals surface area contributed by atoms with Gasteiger partial charge in [-0.15, -0.1) is 0 Å². The standard InChI is InChI=1S/C26H23N3O3/c30-25-20-7-6-18-19(8-9-23-21(18)16-17-4-1-2-5-22(17)27-23)24(20)26(31)29(25)11-3-10-28-12-14-32-15-13-28/h1-2,4-9,16H,3,10-15H2. The highest BCUT2D eigenvalue weighted by Crippen LogP contribution is 2.34. The molecule has 4 aromatic rings. The Morgan fingerprint density at radius 2 is 1.62 bits per heavy atom. The first-order valence-electron chi connectivity index (χ1n) is 11.1. The second kappa shape index (κ2) is 7.65. The number of aromatic nitrogens is 1. The molecule has 2 aliphatic heterocycles. The summed E-state index contributed by atoms with van der Waals surface area (Å²) >= 11 is 0. The van der Waals surface area contributed by atoms with Gasteiger partial charge in [-0.1, -0.05) is 30.3 Å². The number of amides is 2. The average molecular weight is 425 g/mol. The first-order chi connectivity index (χ1) is 15.7. The minimum absolute atomic E-state index is 0.189. The summed E-state index contributed by atoms with van der Waals surface area (Å²) < 4.78 is 5.39. The van der Waals surface area contributed by atoms with E-state index in [-0.39, 0.29) is 11.8 Å². The fourth-order valence-electron chi connectivity index (χ4n) is 4.92. The number of fused-ring (bicyclic) bond motifs is 6. The summed E-state index contributed by atoms with van der Waals surface area (Å²) in [4.78, 5) is 34.8. The molecule has 1 aromatic heterocycles. The van der Waals surface area contributed by atoms with Crippen molar-refractivity contribution in [2.75, 3.05) is 39.4 Å². The van der Waals surface area contributed by atoms with E-state index in [0.29, 0.717) is 17.7 Å². The van der Waals surface area contributed by atoms with Gasteiger partial charge in [0.05, 0.1) is 35.4 Å². The van der Waals surface area contributed by atoms with Crippen molar-refractivity contribution in [3.8, 4) is 0 Å². The maximum Gasteiger partial charge on any atom is 0.262 e. The van der Waals surface area contributed by atoms with Gasteiger partial charge < -0.3 is 4.74 Å².